The van der Waals surface area contributed by atoms with E-state index in [0.29, 0.717) is 5.92 Å². The molecule has 0 bridgehead atoms. The van der Waals surface area contributed by atoms with Crippen molar-refractivity contribution in [2.45, 2.75) is 30.6 Å². The number of nitrogens with zero attached hydrogens (tertiary/aromatic N) is 1. The molecule has 2 aliphatic carbocycles. The molecule has 0 saturated carbocycles. The first-order valence-electron chi connectivity index (χ1n) is 15.7. The highest BCUT2D eigenvalue weighted by atomic mass is 15.2. The van der Waals surface area contributed by atoms with Crippen LogP contribution in [0.2, 0.25) is 0 Å². The summed E-state index contributed by atoms with van der Waals surface area (Å²) in [4.78, 5) is 2.49. The third kappa shape index (κ3) is 6.00. The van der Waals surface area contributed by atoms with Crippen molar-refractivity contribution in [1.29, 1.82) is 0 Å². The minimum absolute atomic E-state index is 0.212. The fourth-order valence-electron chi connectivity index (χ4n) is 6.61. The summed E-state index contributed by atoms with van der Waals surface area (Å²) in [5.41, 5.74) is 10.2. The zero-order chi connectivity index (χ0) is 29.6. The van der Waals surface area contributed by atoms with Crippen LogP contribution in [0.4, 0.5) is 5.69 Å². The van der Waals surface area contributed by atoms with Gasteiger partial charge in [0.05, 0.1) is 0 Å². The maximum Gasteiger partial charge on any atom is 0.0458 e. The van der Waals surface area contributed by atoms with Crippen molar-refractivity contribution in [3.63, 3.8) is 0 Å². The van der Waals surface area contributed by atoms with E-state index in [-0.39, 0.29) is 11.8 Å². The number of benzene rings is 5. The van der Waals surface area contributed by atoms with Crippen molar-refractivity contribution in [2.75, 3.05) is 4.90 Å². The first-order chi connectivity index (χ1) is 21.8. The van der Waals surface area contributed by atoms with E-state index in [1.165, 1.54) is 44.9 Å². The van der Waals surface area contributed by atoms with Crippen LogP contribution in [0, 0.1) is 0 Å². The molecule has 3 unspecified atom stereocenters. The fraction of sp³-hybridized carbons (Fsp3) is 0.116. The third-order valence-electron chi connectivity index (χ3n) is 8.88. The van der Waals surface area contributed by atoms with Crippen LogP contribution in [-0.2, 0) is 0 Å². The van der Waals surface area contributed by atoms with Crippen molar-refractivity contribution < 1.29 is 0 Å². The summed E-state index contributed by atoms with van der Waals surface area (Å²) in [6, 6.07) is 52.5. The summed E-state index contributed by atoms with van der Waals surface area (Å²) in [5, 5.41) is 0. The van der Waals surface area contributed by atoms with E-state index in [4.69, 9.17) is 0 Å². The van der Waals surface area contributed by atoms with E-state index in [9.17, 15) is 0 Å². The Morgan fingerprint density at radius 3 is 1.64 bits per heavy atom. The number of anilines is 1. The molecule has 5 aromatic rings. The van der Waals surface area contributed by atoms with E-state index in [1.54, 1.807) is 0 Å². The monoisotopic (exact) mass is 567 g/mol. The Morgan fingerprint density at radius 1 is 0.500 bits per heavy atom. The van der Waals surface area contributed by atoms with E-state index in [0.717, 1.165) is 12.8 Å². The molecule has 0 saturated heterocycles. The molecule has 2 aliphatic rings. The molecule has 5 aromatic carbocycles. The first-order valence-corrected chi connectivity index (χ1v) is 15.7. The van der Waals surface area contributed by atoms with Crippen molar-refractivity contribution in [3.05, 3.63) is 210 Å². The largest absolute Gasteiger partial charge is 0.315 e. The Labute approximate surface area is 261 Å². The van der Waals surface area contributed by atoms with Crippen LogP contribution in [0.25, 0.3) is 11.1 Å². The molecule has 3 atom stereocenters. The smallest absolute Gasteiger partial charge is 0.0458 e. The minimum Gasteiger partial charge on any atom is -0.315 e. The molecule has 0 radical (unpaired) electrons. The van der Waals surface area contributed by atoms with Gasteiger partial charge in [-0.1, -0.05) is 164 Å². The highest BCUT2D eigenvalue weighted by Crippen LogP contribution is 2.42. The van der Waals surface area contributed by atoms with Crippen molar-refractivity contribution in [2.24, 2.45) is 0 Å². The Morgan fingerprint density at radius 2 is 1.05 bits per heavy atom. The average molecular weight is 568 g/mol. The van der Waals surface area contributed by atoms with Crippen LogP contribution in [0.1, 0.15) is 47.3 Å². The molecular weight excluding hydrogens is 530 g/mol. The third-order valence-corrected chi connectivity index (χ3v) is 8.88. The SMILES string of the molecule is C1=CC(c2ccccc2)C(c2ccccc2)C=C(N(C2=CCC(c3ccccc3)C=C2)c2ccc(-c3ccccc3)cc2)C1. The lowest BCUT2D eigenvalue weighted by Crippen LogP contribution is -2.23. The molecule has 44 heavy (non-hydrogen) atoms. The summed E-state index contributed by atoms with van der Waals surface area (Å²) in [5.74, 6) is 0.866. The lowest BCUT2D eigenvalue weighted by molar-refractivity contribution is 0.735. The van der Waals surface area contributed by atoms with Crippen LogP contribution < -0.4 is 4.90 Å². The number of hydrogen-bond acceptors (Lipinski definition) is 1. The van der Waals surface area contributed by atoms with Crippen LogP contribution in [0.15, 0.2) is 193 Å². The normalized spacial score (nSPS) is 19.5. The van der Waals surface area contributed by atoms with Gasteiger partial charge in [-0.3, -0.25) is 0 Å². The van der Waals surface area contributed by atoms with Gasteiger partial charge in [-0.15, -0.1) is 0 Å². The van der Waals surface area contributed by atoms with E-state index in [1.807, 2.05) is 0 Å². The number of hydrogen-bond donors (Lipinski definition) is 0. The molecule has 1 heteroatoms. The molecule has 0 aliphatic heterocycles. The van der Waals surface area contributed by atoms with Gasteiger partial charge in [0.15, 0.2) is 0 Å². The molecule has 0 spiro atoms. The second-order valence-corrected chi connectivity index (χ2v) is 11.7. The van der Waals surface area contributed by atoms with Crippen molar-refractivity contribution in [1.82, 2.24) is 0 Å². The van der Waals surface area contributed by atoms with E-state index in [2.05, 4.69) is 187 Å². The standard InChI is InChI=1S/C43H37N/c1-5-14-33(15-6-1)35-24-28-39(29-25-35)44(40-30-26-36(27-31-40)34-16-7-2-8-17-34)41-22-13-23-42(37-18-9-3-10-19-37)43(32-41)38-20-11-4-12-21-38/h1-21,23-26,28-32,36,42-43H,22,27H2. The Kier molecular flexibility index (Phi) is 8.19. The van der Waals surface area contributed by atoms with Crippen molar-refractivity contribution in [3.8, 4) is 11.1 Å². The van der Waals surface area contributed by atoms with Gasteiger partial charge in [0.25, 0.3) is 0 Å². The molecule has 0 aromatic heterocycles. The quantitative estimate of drug-likeness (QED) is 0.177. The summed E-state index contributed by atoms with van der Waals surface area (Å²) < 4.78 is 0. The maximum absolute atomic E-state index is 2.52. The average Bonchev–Trinajstić information content (AvgIpc) is 3.34. The molecule has 0 N–H and O–H groups in total. The second kappa shape index (κ2) is 13.0. The molecule has 1 nitrogen and oxygen atoms in total. The van der Waals surface area contributed by atoms with Gasteiger partial charge in [0.2, 0.25) is 0 Å². The van der Waals surface area contributed by atoms with Gasteiger partial charge in [0.1, 0.15) is 0 Å². The summed E-state index contributed by atoms with van der Waals surface area (Å²) in [6.45, 7) is 0. The molecular formula is C43H37N. The number of allylic oxidation sites excluding steroid dienone is 6. The highest BCUT2D eigenvalue weighted by molar-refractivity contribution is 5.69. The van der Waals surface area contributed by atoms with Gasteiger partial charge in [0, 0.05) is 41.3 Å². The van der Waals surface area contributed by atoms with Crippen LogP contribution in [-0.4, -0.2) is 0 Å². The molecule has 214 valence electrons. The topological polar surface area (TPSA) is 3.24 Å². The van der Waals surface area contributed by atoms with Crippen LogP contribution in [0.3, 0.4) is 0 Å². The van der Waals surface area contributed by atoms with Crippen LogP contribution in [0.5, 0.6) is 0 Å². The Balaban J connectivity index is 1.30. The lowest BCUT2D eigenvalue weighted by Gasteiger charge is -2.32. The van der Waals surface area contributed by atoms with E-state index >= 15 is 0 Å². The summed E-state index contributed by atoms with van der Waals surface area (Å²) >= 11 is 0. The van der Waals surface area contributed by atoms with Gasteiger partial charge >= 0.3 is 0 Å². The predicted octanol–water partition coefficient (Wildman–Crippen LogP) is 11.2. The molecule has 0 heterocycles. The predicted molar refractivity (Wildman–Crippen MR) is 186 cm³/mol. The second-order valence-electron chi connectivity index (χ2n) is 11.7. The fourth-order valence-corrected chi connectivity index (χ4v) is 6.61. The molecule has 7 rings (SSSR count). The summed E-state index contributed by atoms with van der Waals surface area (Å²) in [6.07, 6.45) is 16.3. The molecule has 0 amide bonds. The van der Waals surface area contributed by atoms with Gasteiger partial charge in [-0.05, 0) is 52.4 Å². The maximum atomic E-state index is 2.52. The van der Waals surface area contributed by atoms with Crippen LogP contribution >= 0.6 is 0 Å². The number of rotatable bonds is 7. The highest BCUT2D eigenvalue weighted by Gasteiger charge is 2.27. The first kappa shape index (κ1) is 27.7. The Bertz CT molecular complexity index is 1780. The zero-order valence-electron chi connectivity index (χ0n) is 24.9. The molecule has 0 fully saturated rings. The van der Waals surface area contributed by atoms with Crippen molar-refractivity contribution >= 4 is 5.69 Å². The van der Waals surface area contributed by atoms with E-state index < -0.39 is 0 Å². The zero-order valence-corrected chi connectivity index (χ0v) is 24.9. The van der Waals surface area contributed by atoms with Gasteiger partial charge in [-0.2, -0.15) is 0 Å². The lowest BCUT2D eigenvalue weighted by atomic mass is 9.81. The Hall–Kier alpha value is -5.14. The van der Waals surface area contributed by atoms with Gasteiger partial charge in [-0.25, -0.2) is 0 Å². The van der Waals surface area contributed by atoms with Gasteiger partial charge < -0.3 is 4.90 Å². The summed E-state index contributed by atoms with van der Waals surface area (Å²) in [7, 11) is 0. The minimum atomic E-state index is 0.212.